The highest BCUT2D eigenvalue weighted by molar-refractivity contribution is 6.03. The van der Waals surface area contributed by atoms with Crippen LogP contribution in [0.25, 0.3) is 0 Å². The first kappa shape index (κ1) is 17.4. The van der Waals surface area contributed by atoms with E-state index < -0.39 is 0 Å². The van der Waals surface area contributed by atoms with Gasteiger partial charge in [-0.3, -0.25) is 4.79 Å². The molecule has 7 nitrogen and oxygen atoms in total. The number of aromatic nitrogens is 3. The maximum absolute atomic E-state index is 12.5. The monoisotopic (exact) mass is 343 g/mol. The summed E-state index contributed by atoms with van der Waals surface area (Å²) in [4.78, 5) is 12.5. The molecule has 1 amide bonds. The summed E-state index contributed by atoms with van der Waals surface area (Å²) in [6, 6.07) is 6.03. The molecule has 0 unspecified atom stereocenters. The molecule has 2 heterocycles. The number of nitrogens with one attached hydrogen (secondary N) is 2. The lowest BCUT2D eigenvalue weighted by atomic mass is 10.1. The average Bonchev–Trinajstić information content (AvgIpc) is 3.13. The van der Waals surface area contributed by atoms with Gasteiger partial charge in [0.05, 0.1) is 24.5 Å². The summed E-state index contributed by atoms with van der Waals surface area (Å²) in [5.41, 5.74) is 2.06. The number of nitrogens with zero attached hydrogens (tertiary/aromatic N) is 3. The van der Waals surface area contributed by atoms with Gasteiger partial charge in [-0.15, -0.1) is 5.10 Å². The Balaban J connectivity index is 1.71. The number of carbonyl (C=O) groups excluding carboxylic acids is 1. The van der Waals surface area contributed by atoms with E-state index in [1.807, 2.05) is 32.0 Å². The minimum atomic E-state index is -0.273. The maximum atomic E-state index is 12.5. The smallest absolute Gasteiger partial charge is 0.277 e. The second kappa shape index (κ2) is 8.11. The van der Waals surface area contributed by atoms with E-state index in [1.165, 1.54) is 0 Å². The fourth-order valence-corrected chi connectivity index (χ4v) is 2.88. The first-order chi connectivity index (χ1) is 12.2. The molecule has 0 radical (unpaired) electrons. The number of carbonyl (C=O) groups is 1. The Hall–Kier alpha value is -2.41. The van der Waals surface area contributed by atoms with Gasteiger partial charge in [0.1, 0.15) is 5.75 Å². The lowest BCUT2D eigenvalue weighted by Gasteiger charge is -2.22. The van der Waals surface area contributed by atoms with E-state index in [0.717, 1.165) is 37.9 Å². The minimum Gasteiger partial charge on any atom is -0.491 e. The highest BCUT2D eigenvalue weighted by atomic mass is 16.5. The molecule has 0 aliphatic carbocycles. The maximum Gasteiger partial charge on any atom is 0.277 e. The molecule has 1 saturated heterocycles. The number of aryl methyl sites for hydroxylation is 1. The second-order valence-electron chi connectivity index (χ2n) is 6.37. The summed E-state index contributed by atoms with van der Waals surface area (Å²) in [5.74, 6) is 0.409. The minimum absolute atomic E-state index is 0.273. The number of piperidine rings is 1. The Labute approximate surface area is 147 Å². The zero-order valence-electron chi connectivity index (χ0n) is 14.8. The molecule has 1 fully saturated rings. The summed E-state index contributed by atoms with van der Waals surface area (Å²) < 4.78 is 7.55. The molecule has 0 spiro atoms. The molecule has 0 atom stereocenters. The van der Waals surface area contributed by atoms with Crippen LogP contribution in [-0.2, 0) is 0 Å². The normalized spacial score (nSPS) is 15.1. The molecule has 134 valence electrons. The van der Waals surface area contributed by atoms with Crippen molar-refractivity contribution in [3.8, 4) is 5.75 Å². The van der Waals surface area contributed by atoms with Crippen molar-refractivity contribution in [2.45, 2.75) is 39.2 Å². The standard InChI is InChI=1S/C18H25N5O2/c1-3-10-25-17-11-13(2)4-5-15(17)20-18(24)16-12-23(22-21-16)14-6-8-19-9-7-14/h4-5,11-12,14,19H,3,6-10H2,1-2H3,(H,20,24). The van der Waals surface area contributed by atoms with Crippen LogP contribution in [0.2, 0.25) is 0 Å². The number of hydrogen-bond donors (Lipinski definition) is 2. The summed E-state index contributed by atoms with van der Waals surface area (Å²) in [5, 5.41) is 14.4. The van der Waals surface area contributed by atoms with E-state index in [1.54, 1.807) is 10.9 Å². The van der Waals surface area contributed by atoms with Crippen LogP contribution in [0.5, 0.6) is 5.75 Å². The van der Waals surface area contributed by atoms with Crippen molar-refractivity contribution in [1.29, 1.82) is 0 Å². The third kappa shape index (κ3) is 4.36. The number of rotatable bonds is 6. The van der Waals surface area contributed by atoms with Crippen LogP contribution in [0, 0.1) is 6.92 Å². The fourth-order valence-electron chi connectivity index (χ4n) is 2.88. The molecule has 3 rings (SSSR count). The van der Waals surface area contributed by atoms with Crippen LogP contribution < -0.4 is 15.4 Å². The summed E-state index contributed by atoms with van der Waals surface area (Å²) in [6.07, 6.45) is 4.63. The van der Waals surface area contributed by atoms with Gasteiger partial charge >= 0.3 is 0 Å². The van der Waals surface area contributed by atoms with Gasteiger partial charge in [0.25, 0.3) is 5.91 Å². The van der Waals surface area contributed by atoms with E-state index in [2.05, 4.69) is 20.9 Å². The average molecular weight is 343 g/mol. The first-order valence-electron chi connectivity index (χ1n) is 8.84. The third-order valence-electron chi connectivity index (χ3n) is 4.27. The van der Waals surface area contributed by atoms with Crippen LogP contribution in [-0.4, -0.2) is 40.6 Å². The van der Waals surface area contributed by atoms with E-state index in [9.17, 15) is 4.79 Å². The van der Waals surface area contributed by atoms with Crippen molar-refractivity contribution in [3.05, 3.63) is 35.7 Å². The van der Waals surface area contributed by atoms with Crippen LogP contribution in [0.4, 0.5) is 5.69 Å². The molecule has 7 heteroatoms. The van der Waals surface area contributed by atoms with Gasteiger partial charge in [-0.25, -0.2) is 4.68 Å². The highest BCUT2D eigenvalue weighted by Gasteiger charge is 2.19. The number of anilines is 1. The summed E-state index contributed by atoms with van der Waals surface area (Å²) >= 11 is 0. The molecular weight excluding hydrogens is 318 g/mol. The number of ether oxygens (including phenoxy) is 1. The van der Waals surface area contributed by atoms with Crippen molar-refractivity contribution < 1.29 is 9.53 Å². The van der Waals surface area contributed by atoms with Crippen molar-refractivity contribution in [2.24, 2.45) is 0 Å². The Morgan fingerprint density at radius 1 is 1.40 bits per heavy atom. The van der Waals surface area contributed by atoms with Gasteiger partial charge in [-0.2, -0.15) is 0 Å². The fraction of sp³-hybridized carbons (Fsp3) is 0.500. The Morgan fingerprint density at radius 3 is 2.96 bits per heavy atom. The van der Waals surface area contributed by atoms with E-state index in [4.69, 9.17) is 4.74 Å². The van der Waals surface area contributed by atoms with Gasteiger partial charge in [-0.1, -0.05) is 18.2 Å². The molecule has 1 aliphatic heterocycles. The molecule has 1 aromatic carbocycles. The Morgan fingerprint density at radius 2 is 2.20 bits per heavy atom. The topological polar surface area (TPSA) is 81.1 Å². The molecular formula is C18H25N5O2. The summed E-state index contributed by atoms with van der Waals surface area (Å²) in [6.45, 7) is 6.58. The zero-order valence-corrected chi connectivity index (χ0v) is 14.8. The predicted octanol–water partition coefficient (Wildman–Crippen LogP) is 2.55. The largest absolute Gasteiger partial charge is 0.491 e. The molecule has 0 saturated carbocycles. The zero-order chi connectivity index (χ0) is 17.6. The van der Waals surface area contributed by atoms with Gasteiger partial charge in [0.15, 0.2) is 5.69 Å². The van der Waals surface area contributed by atoms with Gasteiger partial charge < -0.3 is 15.4 Å². The van der Waals surface area contributed by atoms with Gasteiger partial charge in [0, 0.05) is 0 Å². The van der Waals surface area contributed by atoms with E-state index >= 15 is 0 Å². The van der Waals surface area contributed by atoms with Crippen LogP contribution in [0.15, 0.2) is 24.4 Å². The van der Waals surface area contributed by atoms with Crippen molar-refractivity contribution >= 4 is 11.6 Å². The predicted molar refractivity (Wildman–Crippen MR) is 96.1 cm³/mol. The van der Waals surface area contributed by atoms with Crippen molar-refractivity contribution in [2.75, 3.05) is 25.0 Å². The van der Waals surface area contributed by atoms with Crippen molar-refractivity contribution in [3.63, 3.8) is 0 Å². The number of hydrogen-bond acceptors (Lipinski definition) is 5. The van der Waals surface area contributed by atoms with Crippen LogP contribution >= 0.6 is 0 Å². The van der Waals surface area contributed by atoms with E-state index in [-0.39, 0.29) is 5.91 Å². The van der Waals surface area contributed by atoms with Crippen LogP contribution in [0.1, 0.15) is 48.3 Å². The molecule has 0 bridgehead atoms. The lowest BCUT2D eigenvalue weighted by Crippen LogP contribution is -2.29. The number of amides is 1. The molecule has 2 N–H and O–H groups in total. The van der Waals surface area contributed by atoms with Crippen LogP contribution in [0.3, 0.4) is 0 Å². The molecule has 25 heavy (non-hydrogen) atoms. The lowest BCUT2D eigenvalue weighted by molar-refractivity contribution is 0.102. The third-order valence-corrected chi connectivity index (χ3v) is 4.27. The second-order valence-corrected chi connectivity index (χ2v) is 6.37. The Bertz CT molecular complexity index is 722. The van der Waals surface area contributed by atoms with Gasteiger partial charge in [0.2, 0.25) is 0 Å². The van der Waals surface area contributed by atoms with Crippen molar-refractivity contribution in [1.82, 2.24) is 20.3 Å². The van der Waals surface area contributed by atoms with E-state index in [0.29, 0.717) is 29.8 Å². The summed E-state index contributed by atoms with van der Waals surface area (Å²) in [7, 11) is 0. The molecule has 2 aromatic rings. The molecule has 1 aliphatic rings. The SMILES string of the molecule is CCCOc1cc(C)ccc1NC(=O)c1cn(C2CCNCC2)nn1. The molecule has 1 aromatic heterocycles. The van der Waals surface area contributed by atoms with Gasteiger partial charge in [-0.05, 0) is 57.0 Å². The quantitative estimate of drug-likeness (QED) is 0.842. The highest BCUT2D eigenvalue weighted by Crippen LogP contribution is 2.26. The number of benzene rings is 1. The Kier molecular flexibility index (Phi) is 5.65. The first-order valence-corrected chi connectivity index (χ1v) is 8.84.